The van der Waals surface area contributed by atoms with Crippen molar-refractivity contribution in [1.82, 2.24) is 14.5 Å². The normalized spacial score (nSPS) is 15.3. The second-order valence-electron chi connectivity index (χ2n) is 8.18. The van der Waals surface area contributed by atoms with E-state index in [1.54, 1.807) is 0 Å². The third-order valence-corrected chi connectivity index (χ3v) is 6.51. The average molecular weight is 460 g/mol. The third-order valence-electron chi connectivity index (χ3n) is 5.71. The number of nitro benzene ring substituents is 1. The van der Waals surface area contributed by atoms with Crippen LogP contribution in [0.4, 0.5) is 10.8 Å². The monoisotopic (exact) mass is 459 g/mol. The van der Waals surface area contributed by atoms with Crippen LogP contribution in [0.3, 0.4) is 0 Å². The topological polar surface area (TPSA) is 124 Å². The molecule has 170 valence electrons. The quantitative estimate of drug-likeness (QED) is 0.403. The van der Waals surface area contributed by atoms with Crippen LogP contribution in [0.5, 0.6) is 0 Å². The Labute approximate surface area is 188 Å². The minimum atomic E-state index is -0.599. The number of nitrogens with one attached hydrogen (secondary N) is 1. The molecule has 1 fully saturated rings. The molecule has 32 heavy (non-hydrogen) atoms. The van der Waals surface area contributed by atoms with Gasteiger partial charge in [-0.05, 0) is 44.3 Å². The third kappa shape index (κ3) is 5.22. The van der Waals surface area contributed by atoms with E-state index in [0.29, 0.717) is 17.1 Å². The van der Waals surface area contributed by atoms with Crippen LogP contribution in [-0.2, 0) is 17.9 Å². The van der Waals surface area contributed by atoms with Gasteiger partial charge in [-0.3, -0.25) is 24.4 Å². The molecule has 11 heteroatoms. The maximum Gasteiger partial charge on any atom is 0.419 e. The van der Waals surface area contributed by atoms with E-state index in [2.05, 4.69) is 22.1 Å². The molecule has 4 rings (SSSR count). The first-order valence-corrected chi connectivity index (χ1v) is 11.5. The van der Waals surface area contributed by atoms with E-state index in [0.717, 1.165) is 31.2 Å². The Morgan fingerprint density at radius 3 is 2.91 bits per heavy atom. The number of hydrogen-bond acceptors (Lipinski definition) is 8. The molecule has 0 spiro atoms. The van der Waals surface area contributed by atoms with Gasteiger partial charge in [-0.15, -0.1) is 11.3 Å². The molecule has 0 unspecified atom stereocenters. The van der Waals surface area contributed by atoms with Gasteiger partial charge in [0.1, 0.15) is 0 Å². The molecule has 0 aliphatic carbocycles. The summed E-state index contributed by atoms with van der Waals surface area (Å²) in [5, 5.41) is 16.3. The standard InChI is InChI=1S/C21H25N5O5S/c1-14-6-9-24(10-7-14)12-15-13-32-20(22-15)23-19(27)3-2-8-25-17-5-4-16(26(29)30)11-18(17)31-21(25)28/h4-5,11,13-14H,2-3,6-10,12H2,1H3,(H,22,23,27). The van der Waals surface area contributed by atoms with Gasteiger partial charge in [0.05, 0.1) is 22.2 Å². The van der Waals surface area contributed by atoms with Gasteiger partial charge >= 0.3 is 5.76 Å². The molecule has 1 aromatic carbocycles. The number of oxazole rings is 1. The molecule has 10 nitrogen and oxygen atoms in total. The predicted octanol–water partition coefficient (Wildman–Crippen LogP) is 3.61. The molecule has 2 aromatic heterocycles. The van der Waals surface area contributed by atoms with Crippen molar-refractivity contribution in [3.63, 3.8) is 0 Å². The molecule has 0 saturated carbocycles. The number of rotatable bonds is 8. The predicted molar refractivity (Wildman–Crippen MR) is 121 cm³/mol. The number of piperidine rings is 1. The van der Waals surface area contributed by atoms with Gasteiger partial charge in [-0.1, -0.05) is 6.92 Å². The van der Waals surface area contributed by atoms with E-state index in [1.165, 1.54) is 46.9 Å². The van der Waals surface area contributed by atoms with Gasteiger partial charge in [-0.2, -0.15) is 0 Å². The molecule has 1 saturated heterocycles. The summed E-state index contributed by atoms with van der Waals surface area (Å²) in [5.74, 6) is 0.0118. The first kappa shape index (κ1) is 22.2. The lowest BCUT2D eigenvalue weighted by Gasteiger charge is -2.29. The van der Waals surface area contributed by atoms with E-state index < -0.39 is 10.7 Å². The van der Waals surface area contributed by atoms with E-state index >= 15 is 0 Å². The maximum absolute atomic E-state index is 12.3. The van der Waals surface area contributed by atoms with Crippen LogP contribution in [0, 0.1) is 16.0 Å². The van der Waals surface area contributed by atoms with Crippen molar-refractivity contribution in [3.05, 3.63) is 49.9 Å². The highest BCUT2D eigenvalue weighted by molar-refractivity contribution is 7.13. The number of aryl methyl sites for hydroxylation is 1. The van der Waals surface area contributed by atoms with Gasteiger partial charge in [-0.25, -0.2) is 9.78 Å². The molecule has 1 aliphatic rings. The van der Waals surface area contributed by atoms with E-state index in [4.69, 9.17) is 4.42 Å². The summed E-state index contributed by atoms with van der Waals surface area (Å²) < 4.78 is 6.49. The number of carbonyl (C=O) groups is 1. The summed E-state index contributed by atoms with van der Waals surface area (Å²) in [6.45, 7) is 5.51. The molecule has 1 N–H and O–H groups in total. The van der Waals surface area contributed by atoms with Crippen molar-refractivity contribution >= 4 is 39.2 Å². The summed E-state index contributed by atoms with van der Waals surface area (Å²) in [6.07, 6.45) is 3.05. The van der Waals surface area contributed by atoms with Crippen molar-refractivity contribution in [1.29, 1.82) is 0 Å². The zero-order valence-electron chi connectivity index (χ0n) is 17.8. The lowest BCUT2D eigenvalue weighted by atomic mass is 9.99. The largest absolute Gasteiger partial charge is 0.419 e. The molecule has 0 bridgehead atoms. The van der Waals surface area contributed by atoms with Gasteiger partial charge in [0, 0.05) is 31.0 Å². The second-order valence-corrected chi connectivity index (χ2v) is 9.04. The number of nitrogens with zero attached hydrogens (tertiary/aromatic N) is 4. The molecule has 0 radical (unpaired) electrons. The number of carbonyl (C=O) groups excluding carboxylic acids is 1. The number of fused-ring (bicyclic) bond motifs is 1. The summed E-state index contributed by atoms with van der Waals surface area (Å²) >= 11 is 1.41. The highest BCUT2D eigenvalue weighted by Crippen LogP contribution is 2.22. The Morgan fingerprint density at radius 2 is 2.16 bits per heavy atom. The Morgan fingerprint density at radius 1 is 1.38 bits per heavy atom. The summed E-state index contributed by atoms with van der Waals surface area (Å²) in [6, 6.07) is 4.04. The highest BCUT2D eigenvalue weighted by Gasteiger charge is 2.17. The fourth-order valence-electron chi connectivity index (χ4n) is 3.85. The second kappa shape index (κ2) is 9.61. The molecular weight excluding hydrogens is 434 g/mol. The fraction of sp³-hybridized carbons (Fsp3) is 0.476. The smallest absolute Gasteiger partial charge is 0.407 e. The van der Waals surface area contributed by atoms with Crippen LogP contribution in [0.2, 0.25) is 0 Å². The Bertz CT molecular complexity index is 1170. The number of benzene rings is 1. The lowest BCUT2D eigenvalue weighted by Crippen LogP contribution is -2.32. The highest BCUT2D eigenvalue weighted by atomic mass is 32.1. The van der Waals surface area contributed by atoms with Crippen LogP contribution in [0.25, 0.3) is 11.1 Å². The average Bonchev–Trinajstić information content (AvgIpc) is 3.32. The molecule has 1 amide bonds. The molecule has 3 aromatic rings. The van der Waals surface area contributed by atoms with Gasteiger partial charge in [0.15, 0.2) is 10.7 Å². The molecular formula is C21H25N5O5S. The Kier molecular flexibility index (Phi) is 6.66. The SMILES string of the molecule is CC1CCN(Cc2csc(NC(=O)CCCn3c(=O)oc4cc([N+](=O)[O-])ccc43)n2)CC1. The van der Waals surface area contributed by atoms with E-state index in [-0.39, 0.29) is 30.1 Å². The zero-order valence-corrected chi connectivity index (χ0v) is 18.6. The number of aromatic nitrogens is 2. The lowest BCUT2D eigenvalue weighted by molar-refractivity contribution is -0.384. The number of thiazole rings is 1. The van der Waals surface area contributed by atoms with Crippen molar-refractivity contribution in [3.8, 4) is 0 Å². The number of likely N-dealkylation sites (tertiary alicyclic amines) is 1. The van der Waals surface area contributed by atoms with Crippen LogP contribution in [0.15, 0.2) is 32.8 Å². The van der Waals surface area contributed by atoms with E-state index in [9.17, 15) is 19.7 Å². The van der Waals surface area contributed by atoms with Gasteiger partial charge in [0.2, 0.25) is 5.91 Å². The number of hydrogen-bond donors (Lipinski definition) is 1. The van der Waals surface area contributed by atoms with Crippen LogP contribution >= 0.6 is 11.3 Å². The number of anilines is 1. The minimum Gasteiger partial charge on any atom is -0.407 e. The Hall–Kier alpha value is -3.05. The first-order chi connectivity index (χ1) is 15.4. The van der Waals surface area contributed by atoms with Gasteiger partial charge < -0.3 is 9.73 Å². The molecule has 0 atom stereocenters. The van der Waals surface area contributed by atoms with Crippen LogP contribution < -0.4 is 11.1 Å². The summed E-state index contributed by atoms with van der Waals surface area (Å²) in [4.78, 5) is 41.6. The fourth-order valence-corrected chi connectivity index (χ4v) is 4.56. The van der Waals surface area contributed by atoms with Crippen molar-refractivity contribution in [2.75, 3.05) is 18.4 Å². The minimum absolute atomic E-state index is 0.143. The van der Waals surface area contributed by atoms with Crippen molar-refractivity contribution in [2.45, 2.75) is 45.7 Å². The van der Waals surface area contributed by atoms with Gasteiger partial charge in [0.25, 0.3) is 5.69 Å². The summed E-state index contributed by atoms with van der Waals surface area (Å²) in [7, 11) is 0. The van der Waals surface area contributed by atoms with E-state index in [1.807, 2.05) is 5.38 Å². The van der Waals surface area contributed by atoms with Crippen LogP contribution in [0.1, 0.15) is 38.3 Å². The van der Waals surface area contributed by atoms with Crippen molar-refractivity contribution < 1.29 is 14.1 Å². The van der Waals surface area contributed by atoms with Crippen molar-refractivity contribution in [2.24, 2.45) is 5.92 Å². The number of nitro groups is 1. The zero-order chi connectivity index (χ0) is 22.7. The van der Waals surface area contributed by atoms with Crippen LogP contribution in [-0.4, -0.2) is 38.4 Å². The first-order valence-electron chi connectivity index (χ1n) is 10.6. The maximum atomic E-state index is 12.3. The number of non-ortho nitro benzene ring substituents is 1. The Balaban J connectivity index is 1.28. The number of amides is 1. The molecule has 3 heterocycles. The molecule has 1 aliphatic heterocycles. The summed E-state index contributed by atoms with van der Waals surface area (Å²) in [5.41, 5.74) is 1.45.